The number of nitrogen functional groups attached to an aromatic ring is 1. The molecule has 1 aliphatic heterocycles. The van der Waals surface area contributed by atoms with Gasteiger partial charge in [-0.15, -0.1) is 12.4 Å². The summed E-state index contributed by atoms with van der Waals surface area (Å²) in [4.78, 5) is 32.3. The molecule has 3 aromatic carbocycles. The Bertz CT molecular complexity index is 1750. The number of aromatic amines is 1. The van der Waals surface area contributed by atoms with Crippen LogP contribution in [0.2, 0.25) is 0 Å². The van der Waals surface area contributed by atoms with Gasteiger partial charge in [0, 0.05) is 60.3 Å². The van der Waals surface area contributed by atoms with E-state index in [1.807, 2.05) is 18.2 Å². The number of halogens is 1. The summed E-state index contributed by atoms with van der Waals surface area (Å²) in [6, 6.07) is 18.5. The van der Waals surface area contributed by atoms with Crippen molar-refractivity contribution in [3.05, 3.63) is 72.9 Å². The number of anilines is 4. The van der Waals surface area contributed by atoms with Gasteiger partial charge in [-0.3, -0.25) is 14.8 Å². The van der Waals surface area contributed by atoms with Crippen molar-refractivity contribution in [3.8, 4) is 5.75 Å². The van der Waals surface area contributed by atoms with E-state index in [4.69, 9.17) is 15.2 Å². The molecule has 240 valence electrons. The molecule has 12 nitrogen and oxygen atoms in total. The molecule has 4 aromatic rings. The van der Waals surface area contributed by atoms with Crippen LogP contribution in [-0.2, 0) is 19.6 Å². The van der Waals surface area contributed by atoms with Gasteiger partial charge in [0.25, 0.3) is 15.9 Å². The number of hydrogen-bond acceptors (Lipinski definition) is 8. The number of piperazine rings is 1. The number of nitrogens with two attached hydrogens (primary N) is 1. The van der Waals surface area contributed by atoms with Crippen molar-refractivity contribution in [1.82, 2.24) is 9.88 Å². The van der Waals surface area contributed by atoms with Gasteiger partial charge >= 0.3 is 6.09 Å². The van der Waals surface area contributed by atoms with Crippen LogP contribution in [0, 0.1) is 0 Å². The quantitative estimate of drug-likeness (QED) is 0.192. The zero-order valence-electron chi connectivity index (χ0n) is 25.2. The summed E-state index contributed by atoms with van der Waals surface area (Å²) in [5.41, 5.74) is 8.25. The molecule has 5 rings (SSSR count). The molecule has 0 radical (unpaired) electrons. The van der Waals surface area contributed by atoms with E-state index < -0.39 is 21.7 Å². The van der Waals surface area contributed by atoms with Crippen LogP contribution in [-0.4, -0.2) is 68.7 Å². The lowest BCUT2D eigenvalue weighted by Crippen LogP contribution is -2.50. The molecule has 2 amide bonds. The zero-order chi connectivity index (χ0) is 31.5. The molecule has 1 aliphatic rings. The molecular weight excluding hydrogens is 620 g/mol. The number of ether oxygens (including phenoxy) is 2. The monoisotopic (exact) mass is 656 g/mol. The second-order valence-electron chi connectivity index (χ2n) is 11.4. The normalized spacial score (nSPS) is 13.6. The van der Waals surface area contributed by atoms with Crippen molar-refractivity contribution in [3.63, 3.8) is 0 Å². The molecule has 0 bridgehead atoms. The average Bonchev–Trinajstić information content (AvgIpc) is 3.37. The number of hydrogen-bond donors (Lipinski definition) is 4. The standard InChI is InChI=1S/C31H36N6O6S.ClH/c1-31(2,3)43-30(39)34-28-19-33-27-13-10-24(18-26(27)28)42-20-29(38)37-16-14-36(15-17-37)23-8-6-22(7-9-23)35-44(40,41)25-11-4-21(32)5-12-25;/h4-13,18-19,33,35H,14-17,20,32H2,1-3H3,(H,34,39);1H. The number of carbonyl (C=O) groups excluding carboxylic acids is 2. The molecule has 0 unspecified atom stereocenters. The first-order valence-corrected chi connectivity index (χ1v) is 15.6. The Morgan fingerprint density at radius 2 is 1.62 bits per heavy atom. The van der Waals surface area contributed by atoms with Crippen molar-refractivity contribution in [2.45, 2.75) is 31.3 Å². The molecule has 1 fully saturated rings. The smallest absolute Gasteiger partial charge is 0.412 e. The zero-order valence-corrected chi connectivity index (χ0v) is 26.8. The number of sulfonamides is 1. The van der Waals surface area contributed by atoms with Gasteiger partial charge in [-0.05, 0) is 87.5 Å². The molecule has 1 aromatic heterocycles. The van der Waals surface area contributed by atoms with Gasteiger partial charge in [-0.1, -0.05) is 0 Å². The number of H-pyrrole nitrogens is 1. The number of nitrogens with one attached hydrogen (secondary N) is 3. The largest absolute Gasteiger partial charge is 0.484 e. The Morgan fingerprint density at radius 3 is 2.27 bits per heavy atom. The molecule has 0 atom stereocenters. The number of nitrogens with zero attached hydrogens (tertiary/aromatic N) is 2. The third kappa shape index (κ3) is 8.52. The van der Waals surface area contributed by atoms with Gasteiger partial charge < -0.3 is 30.0 Å². The van der Waals surface area contributed by atoms with Crippen LogP contribution in [0.5, 0.6) is 5.75 Å². The van der Waals surface area contributed by atoms with E-state index in [0.717, 1.165) is 16.6 Å². The second kappa shape index (κ2) is 13.6. The van der Waals surface area contributed by atoms with Crippen molar-refractivity contribution >= 4 is 68.1 Å². The second-order valence-corrected chi connectivity index (χ2v) is 13.1. The molecule has 0 aliphatic carbocycles. The maximum absolute atomic E-state index is 12.9. The van der Waals surface area contributed by atoms with E-state index in [1.54, 1.807) is 68.3 Å². The third-order valence-electron chi connectivity index (χ3n) is 6.96. The Hall–Kier alpha value is -4.62. The summed E-state index contributed by atoms with van der Waals surface area (Å²) in [6.45, 7) is 7.55. The fraction of sp³-hybridized carbons (Fsp3) is 0.290. The van der Waals surface area contributed by atoms with Crippen LogP contribution in [0.4, 0.5) is 27.5 Å². The Labute approximate surface area is 268 Å². The predicted molar refractivity (Wildman–Crippen MR) is 178 cm³/mol. The highest BCUT2D eigenvalue weighted by molar-refractivity contribution is 7.92. The average molecular weight is 657 g/mol. The van der Waals surface area contributed by atoms with Crippen molar-refractivity contribution in [2.75, 3.05) is 53.5 Å². The van der Waals surface area contributed by atoms with Crippen LogP contribution in [0.25, 0.3) is 10.9 Å². The van der Waals surface area contributed by atoms with Crippen LogP contribution in [0.1, 0.15) is 20.8 Å². The van der Waals surface area contributed by atoms with Gasteiger partial charge in [-0.2, -0.15) is 0 Å². The summed E-state index contributed by atoms with van der Waals surface area (Å²) in [6.07, 6.45) is 1.12. The minimum Gasteiger partial charge on any atom is -0.484 e. The minimum absolute atomic E-state index is 0. The van der Waals surface area contributed by atoms with E-state index in [9.17, 15) is 18.0 Å². The Balaban J connectivity index is 0.00000461. The van der Waals surface area contributed by atoms with Crippen molar-refractivity contribution < 1.29 is 27.5 Å². The fourth-order valence-corrected chi connectivity index (χ4v) is 5.82. The molecule has 1 saturated heterocycles. The van der Waals surface area contributed by atoms with E-state index in [0.29, 0.717) is 49.0 Å². The van der Waals surface area contributed by atoms with Crippen molar-refractivity contribution in [2.24, 2.45) is 0 Å². The highest BCUT2D eigenvalue weighted by Crippen LogP contribution is 2.28. The maximum atomic E-state index is 12.9. The Morgan fingerprint density at radius 1 is 0.956 bits per heavy atom. The van der Waals surface area contributed by atoms with Crippen molar-refractivity contribution in [1.29, 1.82) is 0 Å². The first-order chi connectivity index (χ1) is 20.9. The summed E-state index contributed by atoms with van der Waals surface area (Å²) in [5, 5.41) is 3.48. The molecule has 45 heavy (non-hydrogen) atoms. The first-order valence-electron chi connectivity index (χ1n) is 14.1. The van der Waals surface area contributed by atoms with Gasteiger partial charge in [0.05, 0.1) is 10.6 Å². The SMILES string of the molecule is CC(C)(C)OC(=O)Nc1c[nH]c2ccc(OCC(=O)N3CCN(c4ccc(NS(=O)(=O)c5ccc(N)cc5)cc4)CC3)cc12.Cl. The van der Waals surface area contributed by atoms with Crippen LogP contribution >= 0.6 is 12.4 Å². The fourth-order valence-electron chi connectivity index (χ4n) is 4.76. The molecule has 5 N–H and O–H groups in total. The lowest BCUT2D eigenvalue weighted by atomic mass is 10.2. The van der Waals surface area contributed by atoms with E-state index in [2.05, 4.69) is 19.9 Å². The van der Waals surface area contributed by atoms with Crippen LogP contribution in [0.15, 0.2) is 77.8 Å². The number of carbonyl (C=O) groups is 2. The topological polar surface area (TPSA) is 159 Å². The molecule has 0 spiro atoms. The van der Waals surface area contributed by atoms with E-state index >= 15 is 0 Å². The summed E-state index contributed by atoms with van der Waals surface area (Å²) in [7, 11) is -3.73. The minimum atomic E-state index is -3.73. The van der Waals surface area contributed by atoms with Crippen LogP contribution in [0.3, 0.4) is 0 Å². The highest BCUT2D eigenvalue weighted by Gasteiger charge is 2.23. The number of rotatable bonds is 8. The summed E-state index contributed by atoms with van der Waals surface area (Å²) < 4.78 is 39.0. The predicted octanol–water partition coefficient (Wildman–Crippen LogP) is 5.05. The van der Waals surface area contributed by atoms with Gasteiger partial charge in [-0.25, -0.2) is 13.2 Å². The number of fused-ring (bicyclic) bond motifs is 1. The molecular formula is C31H37ClN6O6S. The van der Waals surface area contributed by atoms with Gasteiger partial charge in [0.2, 0.25) is 0 Å². The molecule has 14 heteroatoms. The number of amides is 2. The first kappa shape index (κ1) is 33.3. The third-order valence-corrected chi connectivity index (χ3v) is 8.36. The number of aromatic nitrogens is 1. The summed E-state index contributed by atoms with van der Waals surface area (Å²) in [5.74, 6) is 0.377. The Kier molecular flexibility index (Phi) is 10.0. The summed E-state index contributed by atoms with van der Waals surface area (Å²) >= 11 is 0. The van der Waals surface area contributed by atoms with Gasteiger partial charge in [0.15, 0.2) is 6.61 Å². The highest BCUT2D eigenvalue weighted by atomic mass is 35.5. The molecule has 0 saturated carbocycles. The maximum Gasteiger partial charge on any atom is 0.412 e. The lowest BCUT2D eigenvalue weighted by Gasteiger charge is -2.36. The van der Waals surface area contributed by atoms with Crippen LogP contribution < -0.4 is 25.4 Å². The van der Waals surface area contributed by atoms with E-state index in [1.165, 1.54) is 12.1 Å². The van der Waals surface area contributed by atoms with Gasteiger partial charge in [0.1, 0.15) is 11.4 Å². The van der Waals surface area contributed by atoms with E-state index in [-0.39, 0.29) is 29.8 Å². The molecule has 2 heterocycles. The number of benzene rings is 3. The lowest BCUT2D eigenvalue weighted by molar-refractivity contribution is -0.133.